The van der Waals surface area contributed by atoms with Crippen molar-refractivity contribution in [3.63, 3.8) is 0 Å². The fraction of sp³-hybridized carbons (Fsp3) is 0.371. The van der Waals surface area contributed by atoms with Crippen LogP contribution in [0.15, 0.2) is 66.7 Å². The summed E-state index contributed by atoms with van der Waals surface area (Å²) in [6.45, 7) is 6.93. The van der Waals surface area contributed by atoms with E-state index in [4.69, 9.17) is 28.4 Å². The van der Waals surface area contributed by atoms with Crippen LogP contribution in [0.5, 0.6) is 23.0 Å². The maximum atomic E-state index is 12.7. The van der Waals surface area contributed by atoms with Gasteiger partial charge >= 0.3 is 23.9 Å². The minimum atomic E-state index is -0.536. The second-order valence-corrected chi connectivity index (χ2v) is 10.0. The van der Waals surface area contributed by atoms with Gasteiger partial charge in [-0.3, -0.25) is 9.59 Å². The molecule has 0 radical (unpaired) electrons. The predicted octanol–water partition coefficient (Wildman–Crippen LogP) is 6.66. The highest BCUT2D eigenvalue weighted by Crippen LogP contribution is 2.26. The second-order valence-electron chi connectivity index (χ2n) is 10.0. The molecule has 10 nitrogen and oxygen atoms in total. The Balaban J connectivity index is 1.41. The van der Waals surface area contributed by atoms with E-state index < -0.39 is 11.9 Å². The molecule has 0 aliphatic rings. The number of hydrogen-bond acceptors (Lipinski definition) is 10. The Bertz CT molecular complexity index is 1400. The predicted molar refractivity (Wildman–Crippen MR) is 166 cm³/mol. The number of carbonyl (C=O) groups excluding carboxylic acids is 4. The quantitative estimate of drug-likeness (QED) is 0.0866. The van der Waals surface area contributed by atoms with Crippen molar-refractivity contribution in [2.75, 3.05) is 26.4 Å². The number of unbranched alkanes of at least 4 members (excludes halogenated alkanes) is 2. The molecule has 45 heavy (non-hydrogen) atoms. The minimum Gasteiger partial charge on any atom is -0.494 e. The third-order valence-corrected chi connectivity index (χ3v) is 6.46. The number of aryl methyl sites for hydroxylation is 1. The number of ether oxygens (including phenoxy) is 6. The Morgan fingerprint density at radius 3 is 1.40 bits per heavy atom. The van der Waals surface area contributed by atoms with Gasteiger partial charge in [0.05, 0.1) is 37.6 Å². The van der Waals surface area contributed by atoms with Crippen LogP contribution in [0.1, 0.15) is 78.7 Å². The van der Waals surface area contributed by atoms with Crippen molar-refractivity contribution in [2.45, 2.75) is 59.3 Å². The van der Waals surface area contributed by atoms with Gasteiger partial charge < -0.3 is 28.4 Å². The minimum absolute atomic E-state index is 0.212. The van der Waals surface area contributed by atoms with E-state index in [1.165, 1.54) is 0 Å². The summed E-state index contributed by atoms with van der Waals surface area (Å²) in [5, 5.41) is 0. The van der Waals surface area contributed by atoms with Crippen molar-refractivity contribution >= 4 is 23.9 Å². The highest BCUT2D eigenvalue weighted by Gasteiger charge is 2.14. The number of esters is 4. The number of rotatable bonds is 18. The van der Waals surface area contributed by atoms with Gasteiger partial charge in [0.25, 0.3) is 0 Å². The van der Waals surface area contributed by atoms with Gasteiger partial charge in [-0.1, -0.05) is 13.8 Å². The first kappa shape index (κ1) is 34.6. The molecule has 0 aromatic heterocycles. The number of hydrogen-bond donors (Lipinski definition) is 0. The van der Waals surface area contributed by atoms with Gasteiger partial charge in [-0.05, 0) is 105 Å². The molecule has 0 fully saturated rings. The summed E-state index contributed by atoms with van der Waals surface area (Å²) in [5.41, 5.74) is 1.33. The monoisotopic (exact) mass is 620 g/mol. The standard InChI is InChI=1S/C35H40O10/c1-4-32(36)42-22-8-6-20-40-28-14-10-26(11-15-28)34(38)44-30-18-19-31(25(3)24-30)45-35(39)27-12-16-29(17-13-27)41-21-7-9-23-43-33(37)5-2/h10-19,24H,4-9,20-23H2,1-3H3. The van der Waals surface area contributed by atoms with Gasteiger partial charge in [0.1, 0.15) is 23.0 Å². The lowest BCUT2D eigenvalue weighted by atomic mass is 10.2. The van der Waals surface area contributed by atoms with E-state index in [0.29, 0.717) is 91.8 Å². The van der Waals surface area contributed by atoms with E-state index in [0.717, 1.165) is 12.8 Å². The molecule has 0 amide bonds. The second kappa shape index (κ2) is 18.7. The fourth-order valence-corrected chi connectivity index (χ4v) is 3.86. The summed E-state index contributed by atoms with van der Waals surface area (Å²) >= 11 is 0. The van der Waals surface area contributed by atoms with Crippen molar-refractivity contribution < 1.29 is 47.6 Å². The van der Waals surface area contributed by atoms with Crippen LogP contribution >= 0.6 is 0 Å². The normalized spacial score (nSPS) is 10.5. The van der Waals surface area contributed by atoms with Crippen LogP contribution in [0.4, 0.5) is 0 Å². The van der Waals surface area contributed by atoms with Crippen molar-refractivity contribution in [2.24, 2.45) is 0 Å². The molecule has 0 heterocycles. The molecule has 10 heteroatoms. The number of benzene rings is 3. The smallest absolute Gasteiger partial charge is 0.343 e. The molecular formula is C35H40O10. The van der Waals surface area contributed by atoms with E-state index in [-0.39, 0.29) is 11.9 Å². The maximum absolute atomic E-state index is 12.7. The fourth-order valence-electron chi connectivity index (χ4n) is 3.86. The zero-order valence-corrected chi connectivity index (χ0v) is 26.0. The van der Waals surface area contributed by atoms with Gasteiger partial charge in [0.2, 0.25) is 0 Å². The lowest BCUT2D eigenvalue weighted by Gasteiger charge is -2.11. The van der Waals surface area contributed by atoms with Crippen molar-refractivity contribution in [1.82, 2.24) is 0 Å². The summed E-state index contributed by atoms with van der Waals surface area (Å²) in [4.78, 5) is 47.6. The first-order valence-corrected chi connectivity index (χ1v) is 15.1. The first-order chi connectivity index (χ1) is 21.8. The van der Waals surface area contributed by atoms with E-state index >= 15 is 0 Å². The summed E-state index contributed by atoms with van der Waals surface area (Å²) in [7, 11) is 0. The Kier molecular flexibility index (Phi) is 14.4. The third kappa shape index (κ3) is 12.3. The molecular weight excluding hydrogens is 580 g/mol. The Morgan fingerprint density at radius 1 is 0.533 bits per heavy atom. The highest BCUT2D eigenvalue weighted by atomic mass is 16.5. The van der Waals surface area contributed by atoms with Crippen molar-refractivity contribution in [1.29, 1.82) is 0 Å². The van der Waals surface area contributed by atoms with E-state index in [1.807, 2.05) is 0 Å². The van der Waals surface area contributed by atoms with E-state index in [9.17, 15) is 19.2 Å². The topological polar surface area (TPSA) is 124 Å². The molecule has 0 saturated heterocycles. The molecule has 0 unspecified atom stereocenters. The Labute approximate surface area is 263 Å². The van der Waals surface area contributed by atoms with Gasteiger partial charge in [-0.25, -0.2) is 9.59 Å². The largest absolute Gasteiger partial charge is 0.494 e. The van der Waals surface area contributed by atoms with Gasteiger partial charge in [-0.2, -0.15) is 0 Å². The molecule has 0 spiro atoms. The van der Waals surface area contributed by atoms with Gasteiger partial charge in [0.15, 0.2) is 0 Å². The van der Waals surface area contributed by atoms with Crippen LogP contribution in [0, 0.1) is 6.92 Å². The Morgan fingerprint density at radius 2 is 0.956 bits per heavy atom. The van der Waals surface area contributed by atoms with E-state index in [2.05, 4.69) is 0 Å². The Hall–Kier alpha value is -4.86. The summed E-state index contributed by atoms with van der Waals surface area (Å²) in [5.74, 6) is 0.390. The van der Waals surface area contributed by atoms with Gasteiger partial charge in [-0.15, -0.1) is 0 Å². The summed E-state index contributed by atoms with van der Waals surface area (Å²) < 4.78 is 32.5. The zero-order chi connectivity index (χ0) is 32.4. The number of carbonyl (C=O) groups is 4. The van der Waals surface area contributed by atoms with Crippen LogP contribution in [0.3, 0.4) is 0 Å². The van der Waals surface area contributed by atoms with Crippen LogP contribution in [0.2, 0.25) is 0 Å². The molecule has 3 aromatic rings. The molecule has 0 bridgehead atoms. The van der Waals surface area contributed by atoms with Crippen LogP contribution < -0.4 is 18.9 Å². The molecule has 0 aliphatic carbocycles. The summed E-state index contributed by atoms with van der Waals surface area (Å²) in [6, 6.07) is 18.0. The highest BCUT2D eigenvalue weighted by molar-refractivity contribution is 5.92. The van der Waals surface area contributed by atoms with Crippen LogP contribution in [0.25, 0.3) is 0 Å². The van der Waals surface area contributed by atoms with Crippen LogP contribution in [-0.4, -0.2) is 50.3 Å². The van der Waals surface area contributed by atoms with Gasteiger partial charge in [0, 0.05) is 12.8 Å². The first-order valence-electron chi connectivity index (χ1n) is 15.1. The third-order valence-electron chi connectivity index (χ3n) is 6.46. The SMILES string of the molecule is CCC(=O)OCCCCOc1ccc(C(=O)Oc2ccc(OC(=O)c3ccc(OCCCCOC(=O)CC)cc3)c(C)c2)cc1. The molecule has 3 aromatic carbocycles. The molecule has 0 saturated carbocycles. The lowest BCUT2D eigenvalue weighted by molar-refractivity contribution is -0.144. The summed E-state index contributed by atoms with van der Waals surface area (Å²) in [6.07, 6.45) is 3.61. The maximum Gasteiger partial charge on any atom is 0.343 e. The molecule has 3 rings (SSSR count). The van der Waals surface area contributed by atoms with Crippen molar-refractivity contribution in [3.05, 3.63) is 83.4 Å². The lowest BCUT2D eigenvalue weighted by Crippen LogP contribution is -2.11. The zero-order valence-electron chi connectivity index (χ0n) is 26.0. The van der Waals surface area contributed by atoms with Crippen LogP contribution in [-0.2, 0) is 19.1 Å². The van der Waals surface area contributed by atoms with Crippen molar-refractivity contribution in [3.8, 4) is 23.0 Å². The van der Waals surface area contributed by atoms with E-state index in [1.54, 1.807) is 87.5 Å². The molecule has 240 valence electrons. The molecule has 0 aliphatic heterocycles. The molecule has 0 N–H and O–H groups in total. The molecule has 0 atom stereocenters. The average molecular weight is 621 g/mol. The average Bonchev–Trinajstić information content (AvgIpc) is 3.05.